The third kappa shape index (κ3) is 26.1. The summed E-state index contributed by atoms with van der Waals surface area (Å²) in [7, 11) is 6.50. The fourth-order valence-electron chi connectivity index (χ4n) is 19.9. The molecular weight excluding hydrogens is 1810 g/mol. The Morgan fingerprint density at radius 3 is 1.07 bits per heavy atom. The highest BCUT2D eigenvalue weighted by Gasteiger charge is 2.37. The number of aromatic nitrogens is 10. The van der Waals surface area contributed by atoms with Gasteiger partial charge in [0.05, 0.1) is 69.2 Å². The summed E-state index contributed by atoms with van der Waals surface area (Å²) in [4.78, 5) is 94.8. The summed E-state index contributed by atoms with van der Waals surface area (Å²) in [6.07, 6.45) is 26.5. The Balaban J connectivity index is 0.000000124. The molecule has 3 atom stereocenters. The van der Waals surface area contributed by atoms with E-state index in [-0.39, 0.29) is 47.5 Å². The van der Waals surface area contributed by atoms with Crippen molar-refractivity contribution in [2.24, 2.45) is 11.8 Å². The predicted molar refractivity (Wildman–Crippen MR) is 570 cm³/mol. The van der Waals surface area contributed by atoms with Crippen molar-refractivity contribution >= 4 is 29.5 Å². The summed E-state index contributed by atoms with van der Waals surface area (Å²) in [5.41, 5.74) is 20.1. The number of carbonyl (C=O) groups is 5. The van der Waals surface area contributed by atoms with Crippen LogP contribution in [0.2, 0.25) is 0 Å². The summed E-state index contributed by atoms with van der Waals surface area (Å²) in [5.74, 6) is 9.72. The maximum Gasteiger partial charge on any atom is 0.254 e. The lowest BCUT2D eigenvalue weighted by molar-refractivity contribution is -0.122. The molecule has 2 N–H and O–H groups in total. The highest BCUT2D eigenvalue weighted by Crippen LogP contribution is 2.40. The van der Waals surface area contributed by atoms with E-state index >= 15 is 0 Å². The predicted octanol–water partition coefficient (Wildman–Crippen LogP) is 22.4. The van der Waals surface area contributed by atoms with Crippen LogP contribution in [0.1, 0.15) is 204 Å². The molecular formula is C121H135N15O9. The van der Waals surface area contributed by atoms with Crippen molar-refractivity contribution in [1.82, 2.24) is 73.1 Å². The number of fused-ring (bicyclic) bond motifs is 5. The molecule has 748 valence electrons. The van der Waals surface area contributed by atoms with Gasteiger partial charge in [0.15, 0.2) is 0 Å². The van der Waals surface area contributed by atoms with Gasteiger partial charge in [0, 0.05) is 192 Å². The Kier molecular flexibility index (Phi) is 33.7. The lowest BCUT2D eigenvalue weighted by Crippen LogP contribution is -2.41. The first-order valence-electron chi connectivity index (χ1n) is 51.5. The molecule has 5 aromatic heterocycles. The Morgan fingerprint density at radius 1 is 0.359 bits per heavy atom. The van der Waals surface area contributed by atoms with E-state index in [2.05, 4.69) is 201 Å². The van der Waals surface area contributed by atoms with Gasteiger partial charge in [-0.3, -0.25) is 24.0 Å². The van der Waals surface area contributed by atoms with Crippen molar-refractivity contribution in [2.75, 3.05) is 35.0 Å². The van der Waals surface area contributed by atoms with Gasteiger partial charge in [-0.2, -0.15) is 0 Å². The first-order chi connectivity index (χ1) is 70.7. The SMILES string of the molecule is CC(C(=O)NCc1cccc(-c2cn3c(n2)CCC3)c1)c1ccccc1.CCC(C)N(Cc1cccc(-c2cn3c(n2)CCC3)c1)C(=O)c1cccc(OC)c1.CCC(C1CC1)N(Cc1cccc(-c2cn3c(n2)CCC3)c1)C(=O)c1cccc(OC)c1.COc1cccc(C(=O)N(Cc2cccc(-c3cn4c(n3)CCC4)c2)CC(C)C)c1.COc1cccc(CC(=O)NCc2cccc(-c3cn4c(n3)CCC4)c2)c1. The molecule has 5 aliphatic heterocycles. The second kappa shape index (κ2) is 48.3. The fourth-order valence-corrected chi connectivity index (χ4v) is 19.9. The Morgan fingerprint density at radius 2 is 0.697 bits per heavy atom. The minimum absolute atomic E-state index is 0.00498. The molecule has 1 aliphatic carbocycles. The maximum absolute atomic E-state index is 13.7. The highest BCUT2D eigenvalue weighted by molar-refractivity contribution is 5.96. The van der Waals surface area contributed by atoms with Gasteiger partial charge in [0.25, 0.3) is 17.7 Å². The number of aryl methyl sites for hydroxylation is 10. The van der Waals surface area contributed by atoms with Crippen molar-refractivity contribution in [1.29, 1.82) is 0 Å². The van der Waals surface area contributed by atoms with E-state index in [4.69, 9.17) is 43.9 Å². The molecule has 21 rings (SSSR count). The van der Waals surface area contributed by atoms with Crippen molar-refractivity contribution in [3.8, 4) is 79.3 Å². The van der Waals surface area contributed by atoms with E-state index in [1.54, 1.807) is 40.6 Å². The Bertz CT molecular complexity index is 6870. The Labute approximate surface area is 852 Å². The number of imidazole rings is 5. The van der Waals surface area contributed by atoms with Gasteiger partial charge in [-0.1, -0.05) is 179 Å². The van der Waals surface area contributed by atoms with Crippen LogP contribution in [0, 0.1) is 11.8 Å². The smallest absolute Gasteiger partial charge is 0.254 e. The number of nitrogens with zero attached hydrogens (tertiary/aromatic N) is 13. The number of benzene rings is 10. The first kappa shape index (κ1) is 101. The van der Waals surface area contributed by atoms with Crippen LogP contribution < -0.4 is 29.6 Å². The van der Waals surface area contributed by atoms with Crippen LogP contribution in [-0.4, -0.2) is 139 Å². The summed E-state index contributed by atoms with van der Waals surface area (Å²) in [5, 5.41) is 6.05. The average Bonchev–Trinajstić information content (AvgIpc) is 1.65. The highest BCUT2D eigenvalue weighted by atomic mass is 16.5. The molecule has 15 aromatic rings. The second-order valence-electron chi connectivity index (χ2n) is 39.1. The number of hydrogen-bond donors (Lipinski definition) is 2. The van der Waals surface area contributed by atoms with Crippen LogP contribution >= 0.6 is 0 Å². The van der Waals surface area contributed by atoms with E-state index in [9.17, 15) is 24.0 Å². The Hall–Kier alpha value is -15.2. The topological polar surface area (TPSA) is 245 Å². The number of methoxy groups -OCH3 is 4. The summed E-state index contributed by atoms with van der Waals surface area (Å²) in [6, 6.07) is 81.9. The standard InChI is InChI=1S/C27H31N3O2.2C25H29N3O2.C22H23N3O2.C22H23N3O/c1-3-25(20-12-13-20)30(27(31)22-9-5-10-23(16-22)32-2)17-19-7-4-8-21(15-19)24-18-29-14-6-11-26(29)28-24;1-18(2)15-28(25(29)21-9-5-10-22(14-21)30-3)16-19-7-4-8-20(13-19)23-17-27-12-6-11-24(27)26-23;1-4-18(2)28(25(29)21-10-6-11-22(15-21)30-3)16-19-8-5-9-20(14-19)23-17-27-13-7-12-24(27)26-23;1-27-19-8-3-5-16(12-19)13-22(26)23-14-17-6-2-7-18(11-17)20-15-25-10-4-9-21(25)24-20;1-16(18-8-3-2-4-9-18)22(26)23-14-17-7-5-10-19(13-17)20-15-25-12-6-11-21(25)24-20/h4-5,7-10,15-16,18,20,25H,3,6,11-14,17H2,1-2H3;4-5,7-10,13-14,17-18H,6,11-12,15-16H2,1-3H3;5-6,8-11,14-15,17-18H,4,7,12-13,16H2,1-3H3;2-3,5-8,11-12,15H,4,9-10,13-14H2,1H3,(H,23,26);2-5,7-10,13,15-16H,6,11-12,14H2,1H3,(H,23,26). The number of amides is 5. The van der Waals surface area contributed by atoms with Gasteiger partial charge in [0.1, 0.15) is 52.1 Å². The van der Waals surface area contributed by atoms with E-state index in [1.807, 2.05) is 156 Å². The van der Waals surface area contributed by atoms with E-state index in [1.165, 1.54) is 74.1 Å². The zero-order valence-corrected chi connectivity index (χ0v) is 85.3. The molecule has 3 unspecified atom stereocenters. The van der Waals surface area contributed by atoms with Crippen molar-refractivity contribution in [2.45, 2.75) is 221 Å². The third-order valence-corrected chi connectivity index (χ3v) is 28.1. The number of rotatable bonds is 33. The molecule has 0 bridgehead atoms. The molecule has 24 nitrogen and oxygen atoms in total. The van der Waals surface area contributed by atoms with Gasteiger partial charge >= 0.3 is 0 Å². The molecule has 10 aromatic carbocycles. The number of hydrogen-bond acceptors (Lipinski definition) is 14. The molecule has 0 saturated heterocycles. The monoisotopic (exact) mass is 1940 g/mol. The molecule has 10 heterocycles. The lowest BCUT2D eigenvalue weighted by atomic mass is 10.0. The molecule has 1 fully saturated rings. The summed E-state index contributed by atoms with van der Waals surface area (Å²) < 4.78 is 32.4. The van der Waals surface area contributed by atoms with Gasteiger partial charge in [-0.05, 0) is 219 Å². The molecule has 0 spiro atoms. The normalized spacial score (nSPS) is 13.9. The van der Waals surface area contributed by atoms with Crippen LogP contribution in [-0.2, 0) is 114 Å². The van der Waals surface area contributed by atoms with E-state index in [0.717, 1.165) is 179 Å². The van der Waals surface area contributed by atoms with Crippen molar-refractivity contribution in [3.05, 3.63) is 364 Å². The van der Waals surface area contributed by atoms with E-state index < -0.39 is 0 Å². The van der Waals surface area contributed by atoms with Crippen LogP contribution in [0.5, 0.6) is 23.0 Å². The summed E-state index contributed by atoms with van der Waals surface area (Å²) in [6.45, 7) is 21.4. The molecule has 0 radical (unpaired) electrons. The molecule has 5 amide bonds. The first-order valence-corrected chi connectivity index (χ1v) is 51.5. The van der Waals surface area contributed by atoms with Crippen LogP contribution in [0.4, 0.5) is 0 Å². The second-order valence-corrected chi connectivity index (χ2v) is 39.1. The average molecular weight is 1940 g/mol. The minimum Gasteiger partial charge on any atom is -0.497 e. The van der Waals surface area contributed by atoms with Gasteiger partial charge < -0.3 is 67.1 Å². The number of nitrogens with one attached hydrogen (secondary N) is 2. The van der Waals surface area contributed by atoms with Crippen molar-refractivity contribution in [3.63, 3.8) is 0 Å². The van der Waals surface area contributed by atoms with Crippen LogP contribution in [0.15, 0.2) is 280 Å². The largest absolute Gasteiger partial charge is 0.497 e. The minimum atomic E-state index is -0.157. The fraction of sp³-hybridized carbons (Fsp3) is 0.339. The number of carbonyl (C=O) groups excluding carboxylic acids is 5. The van der Waals surface area contributed by atoms with Gasteiger partial charge in [-0.25, -0.2) is 24.9 Å². The quantitative estimate of drug-likeness (QED) is 0.0389. The van der Waals surface area contributed by atoms with Crippen molar-refractivity contribution < 1.29 is 42.9 Å². The third-order valence-electron chi connectivity index (χ3n) is 28.1. The zero-order valence-electron chi connectivity index (χ0n) is 85.3. The molecule has 1 saturated carbocycles. The molecule has 24 heteroatoms. The molecule has 6 aliphatic rings. The van der Waals surface area contributed by atoms with Crippen LogP contribution in [0.25, 0.3) is 56.3 Å². The maximum atomic E-state index is 13.7. The van der Waals surface area contributed by atoms with E-state index in [0.29, 0.717) is 91.5 Å². The summed E-state index contributed by atoms with van der Waals surface area (Å²) >= 11 is 0. The zero-order chi connectivity index (χ0) is 101. The van der Waals surface area contributed by atoms with Crippen LogP contribution in [0.3, 0.4) is 0 Å². The van der Waals surface area contributed by atoms with Gasteiger partial charge in [-0.15, -0.1) is 0 Å². The molecule has 145 heavy (non-hydrogen) atoms. The number of ether oxygens (including phenoxy) is 4. The van der Waals surface area contributed by atoms with Gasteiger partial charge in [0.2, 0.25) is 11.8 Å². The lowest BCUT2D eigenvalue weighted by Gasteiger charge is -2.32.